The van der Waals surface area contributed by atoms with Crippen molar-refractivity contribution in [3.05, 3.63) is 99.3 Å². The highest BCUT2D eigenvalue weighted by atomic mass is 35.5. The number of para-hydroxylation sites is 2. The second-order valence-electron chi connectivity index (χ2n) is 9.88. The van der Waals surface area contributed by atoms with Crippen LogP contribution < -0.4 is 4.74 Å². The molecule has 2 heterocycles. The minimum absolute atomic E-state index is 0.358. The van der Waals surface area contributed by atoms with E-state index in [0.717, 1.165) is 41.1 Å². The third kappa shape index (κ3) is 3.54. The second kappa shape index (κ2) is 8.00. The lowest BCUT2D eigenvalue weighted by atomic mass is 9.91. The first-order valence-corrected chi connectivity index (χ1v) is 12.7. The van der Waals surface area contributed by atoms with Gasteiger partial charge in [-0.15, -0.1) is 0 Å². The van der Waals surface area contributed by atoms with Crippen molar-refractivity contribution in [2.24, 2.45) is 5.92 Å². The van der Waals surface area contributed by atoms with Crippen molar-refractivity contribution in [2.75, 3.05) is 0 Å². The zero-order chi connectivity index (χ0) is 23.5. The van der Waals surface area contributed by atoms with Gasteiger partial charge in [-0.2, -0.15) is 5.26 Å². The molecule has 0 bridgehead atoms. The molecular weight excluding hydrogens is 454 g/mol. The summed E-state index contributed by atoms with van der Waals surface area (Å²) in [6, 6.07) is 23.5. The first kappa shape index (κ1) is 20.8. The van der Waals surface area contributed by atoms with Gasteiger partial charge in [-0.05, 0) is 71.7 Å². The molecule has 7 rings (SSSR count). The molecule has 1 atom stereocenters. The Labute approximate surface area is 209 Å². The Hall–Kier alpha value is -3.55. The predicted octanol–water partition coefficient (Wildman–Crippen LogP) is 7.24. The molecule has 4 nitrogen and oxygen atoms in total. The topological polar surface area (TPSA) is 50.8 Å². The standard InChI is InChI=1S/C30H24ClN3O/c31-25-5-3-6-26-29(25)33-30(19-9-10-19)34(26)16-18-8-11-22-21(14-18)17-35-27-7-2-1-4-23(27)28(22)24-15-20(24)12-13-32/h1-8,11,14,19-20H,9-10,12,15-17H2/b28-24+. The maximum Gasteiger partial charge on any atom is 0.127 e. The van der Waals surface area contributed by atoms with E-state index in [1.807, 2.05) is 24.3 Å². The summed E-state index contributed by atoms with van der Waals surface area (Å²) in [4.78, 5) is 4.94. The van der Waals surface area contributed by atoms with Crippen LogP contribution in [0.2, 0.25) is 5.02 Å². The van der Waals surface area contributed by atoms with Crippen molar-refractivity contribution in [3.63, 3.8) is 0 Å². The molecule has 3 aliphatic rings. The van der Waals surface area contributed by atoms with Gasteiger partial charge < -0.3 is 9.30 Å². The Kier molecular flexibility index (Phi) is 4.75. The van der Waals surface area contributed by atoms with Crippen LogP contribution in [-0.4, -0.2) is 9.55 Å². The van der Waals surface area contributed by atoms with Crippen LogP contribution in [0.1, 0.15) is 59.7 Å². The largest absolute Gasteiger partial charge is 0.488 e. The van der Waals surface area contributed by atoms with Crippen LogP contribution in [0.25, 0.3) is 16.6 Å². The van der Waals surface area contributed by atoms with E-state index < -0.39 is 0 Å². The number of allylic oxidation sites excluding steroid dienone is 1. The summed E-state index contributed by atoms with van der Waals surface area (Å²) < 4.78 is 8.63. The third-order valence-electron chi connectivity index (χ3n) is 7.48. The van der Waals surface area contributed by atoms with Crippen molar-refractivity contribution < 1.29 is 4.74 Å². The van der Waals surface area contributed by atoms with Crippen LogP contribution in [0.5, 0.6) is 5.75 Å². The van der Waals surface area contributed by atoms with Gasteiger partial charge in [0.25, 0.3) is 0 Å². The van der Waals surface area contributed by atoms with E-state index in [4.69, 9.17) is 21.3 Å². The Morgan fingerprint density at radius 3 is 2.80 bits per heavy atom. The number of hydrogen-bond acceptors (Lipinski definition) is 3. The zero-order valence-corrected chi connectivity index (χ0v) is 20.1. The molecule has 2 fully saturated rings. The summed E-state index contributed by atoms with van der Waals surface area (Å²) in [7, 11) is 0. The van der Waals surface area contributed by atoms with Gasteiger partial charge in [-0.1, -0.05) is 53.6 Å². The van der Waals surface area contributed by atoms with Crippen molar-refractivity contribution in [1.29, 1.82) is 5.26 Å². The van der Waals surface area contributed by atoms with Gasteiger partial charge in [-0.25, -0.2) is 4.98 Å². The predicted molar refractivity (Wildman–Crippen MR) is 137 cm³/mol. The fraction of sp³-hybridized carbons (Fsp3) is 0.267. The van der Waals surface area contributed by atoms with Crippen molar-refractivity contribution >= 4 is 28.2 Å². The van der Waals surface area contributed by atoms with E-state index in [1.54, 1.807) is 0 Å². The van der Waals surface area contributed by atoms with Crippen molar-refractivity contribution in [1.82, 2.24) is 9.55 Å². The van der Waals surface area contributed by atoms with Crippen LogP contribution in [0.3, 0.4) is 0 Å². The van der Waals surface area contributed by atoms with Crippen LogP contribution in [-0.2, 0) is 13.2 Å². The maximum atomic E-state index is 9.24. The average molecular weight is 478 g/mol. The highest BCUT2D eigenvalue weighted by Gasteiger charge is 2.36. The molecule has 4 aromatic rings. The molecule has 1 aromatic heterocycles. The fourth-order valence-corrected chi connectivity index (χ4v) is 5.72. The first-order valence-electron chi connectivity index (χ1n) is 12.3. The maximum absolute atomic E-state index is 9.24. The fourth-order valence-electron chi connectivity index (χ4n) is 5.51. The lowest BCUT2D eigenvalue weighted by Gasteiger charge is -2.14. The summed E-state index contributed by atoms with van der Waals surface area (Å²) in [5.74, 6) is 2.95. The smallest absolute Gasteiger partial charge is 0.127 e. The summed E-state index contributed by atoms with van der Waals surface area (Å²) >= 11 is 6.50. The summed E-state index contributed by atoms with van der Waals surface area (Å²) in [5.41, 5.74) is 9.43. The molecule has 1 unspecified atom stereocenters. The molecule has 0 amide bonds. The number of nitriles is 1. The van der Waals surface area contributed by atoms with Crippen LogP contribution in [0.4, 0.5) is 0 Å². The number of nitrogens with zero attached hydrogens (tertiary/aromatic N) is 3. The van der Waals surface area contributed by atoms with E-state index in [2.05, 4.69) is 47.0 Å². The monoisotopic (exact) mass is 477 g/mol. The number of fused-ring (bicyclic) bond motifs is 3. The molecule has 0 N–H and O–H groups in total. The Balaban J connectivity index is 1.32. The third-order valence-corrected chi connectivity index (χ3v) is 7.78. The van der Waals surface area contributed by atoms with E-state index >= 15 is 0 Å². The van der Waals surface area contributed by atoms with E-state index in [1.165, 1.54) is 40.7 Å². The molecule has 2 aliphatic carbocycles. The lowest BCUT2D eigenvalue weighted by molar-refractivity contribution is 0.307. The first-order chi connectivity index (χ1) is 17.2. The highest BCUT2D eigenvalue weighted by Crippen LogP contribution is 2.51. The molecule has 1 aliphatic heterocycles. The Bertz CT molecular complexity index is 1570. The molecule has 3 aromatic carbocycles. The summed E-state index contributed by atoms with van der Waals surface area (Å²) in [6.07, 6.45) is 3.95. The van der Waals surface area contributed by atoms with E-state index in [-0.39, 0.29) is 0 Å². The number of aromatic nitrogens is 2. The summed E-state index contributed by atoms with van der Waals surface area (Å²) in [5, 5.41) is 9.95. The molecule has 0 radical (unpaired) electrons. The van der Waals surface area contributed by atoms with E-state index in [9.17, 15) is 5.26 Å². The van der Waals surface area contributed by atoms with Crippen LogP contribution in [0.15, 0.2) is 66.2 Å². The van der Waals surface area contributed by atoms with E-state index in [0.29, 0.717) is 29.9 Å². The van der Waals surface area contributed by atoms with Gasteiger partial charge in [0, 0.05) is 24.4 Å². The Morgan fingerprint density at radius 1 is 1.06 bits per heavy atom. The number of benzene rings is 3. The van der Waals surface area contributed by atoms with Crippen molar-refractivity contribution in [3.8, 4) is 11.8 Å². The lowest BCUT2D eigenvalue weighted by Crippen LogP contribution is -2.06. The zero-order valence-electron chi connectivity index (χ0n) is 19.3. The molecule has 0 spiro atoms. The minimum atomic E-state index is 0.358. The minimum Gasteiger partial charge on any atom is -0.488 e. The quantitative estimate of drug-likeness (QED) is 0.311. The SMILES string of the molecule is N#CCC1C/C1=C1/c2ccc(Cn3c(C4CC4)nc4c(Cl)cccc43)cc2COc2ccccc21. The molecule has 172 valence electrons. The Morgan fingerprint density at radius 2 is 1.94 bits per heavy atom. The van der Waals surface area contributed by atoms with Gasteiger partial charge >= 0.3 is 0 Å². The number of hydrogen-bond donors (Lipinski definition) is 0. The van der Waals surface area contributed by atoms with Gasteiger partial charge in [0.05, 0.1) is 16.6 Å². The number of ether oxygens (including phenoxy) is 1. The molecule has 0 saturated heterocycles. The van der Waals surface area contributed by atoms with Gasteiger partial charge in [-0.3, -0.25) is 0 Å². The average Bonchev–Trinajstić information content (AvgIpc) is 3.79. The summed E-state index contributed by atoms with van der Waals surface area (Å²) in [6.45, 7) is 1.29. The molecule has 5 heteroatoms. The van der Waals surface area contributed by atoms with Crippen LogP contribution in [0, 0.1) is 17.2 Å². The number of halogens is 1. The molecule has 2 saturated carbocycles. The molecule has 35 heavy (non-hydrogen) atoms. The number of rotatable bonds is 4. The number of imidazole rings is 1. The van der Waals surface area contributed by atoms with Gasteiger partial charge in [0.1, 0.15) is 23.7 Å². The highest BCUT2D eigenvalue weighted by molar-refractivity contribution is 6.34. The van der Waals surface area contributed by atoms with Crippen molar-refractivity contribution in [2.45, 2.75) is 44.8 Å². The van der Waals surface area contributed by atoms with Crippen LogP contribution >= 0.6 is 11.6 Å². The van der Waals surface area contributed by atoms with Gasteiger partial charge in [0.2, 0.25) is 0 Å². The normalized spacial score (nSPS) is 20.5. The molecular formula is C30H24ClN3O. The second-order valence-corrected chi connectivity index (χ2v) is 10.3. The van der Waals surface area contributed by atoms with Gasteiger partial charge in [0.15, 0.2) is 0 Å².